The third-order valence-corrected chi connectivity index (χ3v) is 6.11. The van der Waals surface area contributed by atoms with Gasteiger partial charge in [0, 0.05) is 35.7 Å². The minimum absolute atomic E-state index is 0.0857. The van der Waals surface area contributed by atoms with Gasteiger partial charge in [0.15, 0.2) is 0 Å². The van der Waals surface area contributed by atoms with E-state index >= 15 is 0 Å². The Balaban J connectivity index is 1.78. The summed E-state index contributed by atoms with van der Waals surface area (Å²) < 4.78 is 29.7. The summed E-state index contributed by atoms with van der Waals surface area (Å²) in [5.41, 5.74) is 5.52. The van der Waals surface area contributed by atoms with E-state index in [0.717, 1.165) is 33.6 Å². The molecule has 0 aliphatic carbocycles. The molecule has 0 spiro atoms. The Bertz CT molecular complexity index is 1380. The third-order valence-electron chi connectivity index (χ3n) is 5.16. The van der Waals surface area contributed by atoms with Gasteiger partial charge in [-0.05, 0) is 30.2 Å². The molecule has 32 heavy (non-hydrogen) atoms. The number of carbonyl (C=O) groups is 1. The lowest BCUT2D eigenvalue weighted by Gasteiger charge is -2.06. The lowest BCUT2D eigenvalue weighted by Crippen LogP contribution is -2.06. The minimum atomic E-state index is -3.05. The number of nitrogens with zero attached hydrogens (tertiary/aromatic N) is 3. The fourth-order valence-corrected chi connectivity index (χ4v) is 4.18. The highest BCUT2D eigenvalue weighted by Gasteiger charge is 2.17. The molecular formula is C24H23N3O4S. The van der Waals surface area contributed by atoms with Gasteiger partial charge in [0.05, 0.1) is 24.1 Å². The number of hydrogen-bond acceptors (Lipinski definition) is 6. The quantitative estimate of drug-likeness (QED) is 0.402. The second-order valence-electron chi connectivity index (χ2n) is 7.62. The average molecular weight is 450 g/mol. The van der Waals surface area contributed by atoms with Crippen LogP contribution in [0.15, 0.2) is 66.9 Å². The molecule has 0 saturated carbocycles. The maximum atomic E-state index is 11.9. The first-order chi connectivity index (χ1) is 15.3. The van der Waals surface area contributed by atoms with Gasteiger partial charge in [-0.2, -0.15) is 5.10 Å². The topological polar surface area (TPSA) is 90.6 Å². The maximum absolute atomic E-state index is 11.9. The summed E-state index contributed by atoms with van der Waals surface area (Å²) in [6.07, 6.45) is 4.00. The van der Waals surface area contributed by atoms with Crippen molar-refractivity contribution in [2.75, 3.05) is 19.1 Å². The van der Waals surface area contributed by atoms with Gasteiger partial charge in [-0.25, -0.2) is 22.7 Å². The summed E-state index contributed by atoms with van der Waals surface area (Å²) in [5, 5.41) is 4.81. The van der Waals surface area contributed by atoms with Crippen molar-refractivity contribution in [2.24, 2.45) is 0 Å². The highest BCUT2D eigenvalue weighted by Crippen LogP contribution is 2.28. The number of esters is 1. The number of fused-ring (bicyclic) bond motifs is 1. The Kier molecular flexibility index (Phi) is 6.05. The summed E-state index contributed by atoms with van der Waals surface area (Å²) >= 11 is 0. The highest BCUT2D eigenvalue weighted by atomic mass is 32.2. The fourth-order valence-electron chi connectivity index (χ4n) is 3.57. The van der Waals surface area contributed by atoms with Gasteiger partial charge in [0.2, 0.25) is 0 Å². The molecule has 0 N–H and O–H groups in total. The van der Waals surface area contributed by atoms with E-state index in [1.807, 2.05) is 54.7 Å². The van der Waals surface area contributed by atoms with Crippen LogP contribution in [0.1, 0.15) is 27.3 Å². The summed E-state index contributed by atoms with van der Waals surface area (Å²) in [6, 6.07) is 19.0. The molecule has 4 aromatic rings. The Hall–Kier alpha value is -3.52. The first-order valence-electron chi connectivity index (χ1n) is 10.1. The van der Waals surface area contributed by atoms with E-state index < -0.39 is 15.8 Å². The largest absolute Gasteiger partial charge is 0.464 e. The van der Waals surface area contributed by atoms with Gasteiger partial charge >= 0.3 is 5.97 Å². The summed E-state index contributed by atoms with van der Waals surface area (Å²) in [7, 11) is -1.72. The van der Waals surface area contributed by atoms with Crippen LogP contribution in [0.25, 0.3) is 16.8 Å². The van der Waals surface area contributed by atoms with Crippen LogP contribution in [-0.4, -0.2) is 48.1 Å². The molecule has 0 fully saturated rings. The number of hydrogen-bond donors (Lipinski definition) is 0. The molecule has 8 heteroatoms. The van der Waals surface area contributed by atoms with Crippen molar-refractivity contribution in [3.05, 3.63) is 89.4 Å². The second-order valence-corrected chi connectivity index (χ2v) is 9.88. The monoisotopic (exact) mass is 449 g/mol. The van der Waals surface area contributed by atoms with E-state index in [9.17, 15) is 13.2 Å². The number of sulfone groups is 1. The summed E-state index contributed by atoms with van der Waals surface area (Å²) in [5.74, 6) is -0.395. The lowest BCUT2D eigenvalue weighted by molar-refractivity contribution is 0.0593. The zero-order chi connectivity index (χ0) is 22.7. The van der Waals surface area contributed by atoms with Crippen molar-refractivity contribution < 1.29 is 17.9 Å². The van der Waals surface area contributed by atoms with E-state index in [-0.39, 0.29) is 11.4 Å². The van der Waals surface area contributed by atoms with Gasteiger partial charge in [-0.3, -0.25) is 0 Å². The number of methoxy groups -OCH3 is 1. The predicted octanol–water partition coefficient (Wildman–Crippen LogP) is 3.36. The Morgan fingerprint density at radius 3 is 2.53 bits per heavy atom. The Labute approximate surface area is 186 Å². The van der Waals surface area contributed by atoms with Crippen molar-refractivity contribution in [3.63, 3.8) is 0 Å². The molecule has 0 bridgehead atoms. The normalized spacial score (nSPS) is 11.6. The molecule has 0 atom stereocenters. The van der Waals surface area contributed by atoms with Gasteiger partial charge < -0.3 is 4.74 Å². The van der Waals surface area contributed by atoms with Gasteiger partial charge in [-0.1, -0.05) is 42.5 Å². The molecule has 0 saturated heterocycles. The van der Waals surface area contributed by atoms with E-state index in [1.165, 1.54) is 13.4 Å². The first-order valence-corrected chi connectivity index (χ1v) is 12.2. The zero-order valence-electron chi connectivity index (χ0n) is 17.9. The molecule has 0 amide bonds. The first kappa shape index (κ1) is 21.7. The van der Waals surface area contributed by atoms with Crippen molar-refractivity contribution >= 4 is 21.3 Å². The summed E-state index contributed by atoms with van der Waals surface area (Å²) in [4.78, 5) is 16.4. The van der Waals surface area contributed by atoms with Crippen molar-refractivity contribution in [3.8, 4) is 11.3 Å². The maximum Gasteiger partial charge on any atom is 0.356 e. The molecule has 3 heterocycles. The second kappa shape index (κ2) is 8.92. The molecule has 3 aromatic heterocycles. The number of benzene rings is 1. The van der Waals surface area contributed by atoms with Crippen LogP contribution in [0, 0.1) is 0 Å². The smallest absolute Gasteiger partial charge is 0.356 e. The lowest BCUT2D eigenvalue weighted by atomic mass is 10.0. The number of aromatic nitrogens is 3. The molecule has 0 aliphatic heterocycles. The van der Waals surface area contributed by atoms with Crippen LogP contribution in [-0.2, 0) is 27.4 Å². The number of rotatable bonds is 7. The average Bonchev–Trinajstić information content (AvgIpc) is 3.15. The molecule has 0 aliphatic rings. The van der Waals surface area contributed by atoms with E-state index in [4.69, 9.17) is 9.84 Å². The minimum Gasteiger partial charge on any atom is -0.464 e. The highest BCUT2D eigenvalue weighted by molar-refractivity contribution is 7.90. The van der Waals surface area contributed by atoms with Crippen molar-refractivity contribution in [1.82, 2.24) is 14.6 Å². The fraction of sp³-hybridized carbons (Fsp3) is 0.208. The van der Waals surface area contributed by atoms with Crippen LogP contribution in [0.4, 0.5) is 0 Å². The standard InChI is InChI=1S/C24H23N3O4S/c1-31-24(28)21-10-6-9-19(25-21)15-20-22-12-11-17(13-14-32(2,29)30)16-27(22)26-23(20)18-7-4-3-5-8-18/h3-12,16H,13-15H2,1-2H3. The Morgan fingerprint density at radius 2 is 1.81 bits per heavy atom. The predicted molar refractivity (Wildman–Crippen MR) is 122 cm³/mol. The summed E-state index contributed by atoms with van der Waals surface area (Å²) in [6.45, 7) is 0. The van der Waals surface area contributed by atoms with Crippen molar-refractivity contribution in [2.45, 2.75) is 12.8 Å². The van der Waals surface area contributed by atoms with Gasteiger partial charge in [-0.15, -0.1) is 0 Å². The molecule has 1 aromatic carbocycles. The van der Waals surface area contributed by atoms with Crippen molar-refractivity contribution in [1.29, 1.82) is 0 Å². The van der Waals surface area contributed by atoms with E-state index in [1.54, 1.807) is 16.6 Å². The van der Waals surface area contributed by atoms with E-state index in [2.05, 4.69) is 4.98 Å². The molecule has 0 unspecified atom stereocenters. The van der Waals surface area contributed by atoms with Crippen LogP contribution in [0.3, 0.4) is 0 Å². The van der Waals surface area contributed by atoms with Gasteiger partial charge in [0.1, 0.15) is 15.5 Å². The SMILES string of the molecule is COC(=O)c1cccc(Cc2c(-c3ccccc3)nn3cc(CCS(C)(=O)=O)ccc23)n1. The van der Waals surface area contributed by atoms with E-state index in [0.29, 0.717) is 12.8 Å². The molecule has 4 rings (SSSR count). The molecule has 0 radical (unpaired) electrons. The molecule has 164 valence electrons. The Morgan fingerprint density at radius 1 is 1.03 bits per heavy atom. The third kappa shape index (κ3) is 4.86. The molecular weight excluding hydrogens is 426 g/mol. The van der Waals surface area contributed by atoms with Gasteiger partial charge in [0.25, 0.3) is 0 Å². The number of aryl methyl sites for hydroxylation is 1. The van der Waals surface area contributed by atoms with Crippen LogP contribution in [0.5, 0.6) is 0 Å². The van der Waals surface area contributed by atoms with Crippen LogP contribution in [0.2, 0.25) is 0 Å². The number of pyridine rings is 2. The van der Waals surface area contributed by atoms with Crippen LogP contribution < -0.4 is 0 Å². The molecule has 7 nitrogen and oxygen atoms in total. The number of carbonyl (C=O) groups excluding carboxylic acids is 1. The van der Waals surface area contributed by atoms with Crippen LogP contribution >= 0.6 is 0 Å². The number of ether oxygens (including phenoxy) is 1. The zero-order valence-corrected chi connectivity index (χ0v) is 18.7.